The molecule has 6 rings (SSSR count). The molecule has 2 aliphatic heterocycles. The standard InChI is InChI=1S/C22H24F3N9O/c1-11-27-16-3-2-15(28-21(16)33(11)8-18(24)25)13-4-5-34-19(13)20(26)30-22(31-34)29-17-7-32(6-14(17)23)12-9-35-10-12/h2-5,12,14,17-18H,6-10H2,1H3,(H3,26,29,30,31)/t14-,17+/m0/s1/i5D. The lowest BCUT2D eigenvalue weighted by Crippen LogP contribution is -2.48. The van der Waals surface area contributed by atoms with E-state index in [1.165, 1.54) is 9.08 Å². The number of pyridine rings is 1. The van der Waals surface area contributed by atoms with Gasteiger partial charge in [-0.3, -0.25) is 14.5 Å². The number of aryl methyl sites for hydroxylation is 1. The zero-order valence-electron chi connectivity index (χ0n) is 19.8. The van der Waals surface area contributed by atoms with Crippen LogP contribution in [-0.4, -0.2) is 85.0 Å². The van der Waals surface area contributed by atoms with E-state index in [-0.39, 0.29) is 30.2 Å². The first-order valence-electron chi connectivity index (χ1n) is 11.8. The summed E-state index contributed by atoms with van der Waals surface area (Å²) in [6.45, 7) is 3.05. The van der Waals surface area contributed by atoms with Crippen molar-refractivity contribution in [1.82, 2.24) is 34.0 Å². The lowest BCUT2D eigenvalue weighted by Gasteiger charge is -2.34. The predicted molar refractivity (Wildman–Crippen MR) is 122 cm³/mol. The maximum atomic E-state index is 14.6. The van der Waals surface area contributed by atoms with Gasteiger partial charge in [-0.05, 0) is 25.1 Å². The molecule has 2 aliphatic rings. The number of halogens is 3. The van der Waals surface area contributed by atoms with E-state index in [2.05, 4.69) is 25.0 Å². The number of imidazole rings is 1. The summed E-state index contributed by atoms with van der Waals surface area (Å²) in [5, 5.41) is 2.94. The first kappa shape index (κ1) is 20.9. The summed E-state index contributed by atoms with van der Waals surface area (Å²) in [5.41, 5.74) is 8.51. The van der Waals surface area contributed by atoms with Crippen LogP contribution < -0.4 is 11.4 Å². The van der Waals surface area contributed by atoms with Crippen molar-refractivity contribution >= 4 is 22.5 Å². The summed E-state index contributed by atoms with van der Waals surface area (Å²) >= 11 is 0. The number of nitrogens with one attached hydrogen (secondary N) is 1. The van der Waals surface area contributed by atoms with E-state index in [4.69, 9.17) is 11.8 Å². The van der Waals surface area contributed by atoms with Crippen LogP contribution >= 0.6 is 0 Å². The van der Waals surface area contributed by atoms with Crippen molar-refractivity contribution in [2.75, 3.05) is 32.0 Å². The number of ether oxygens (including phenoxy) is 1. The lowest BCUT2D eigenvalue weighted by atomic mass is 10.2. The van der Waals surface area contributed by atoms with Crippen LogP contribution in [-0.2, 0) is 11.3 Å². The third-order valence-corrected chi connectivity index (χ3v) is 6.55. The zero-order valence-corrected chi connectivity index (χ0v) is 18.8. The molecule has 13 heteroatoms. The fourth-order valence-corrected chi connectivity index (χ4v) is 4.68. The Morgan fingerprint density at radius 1 is 1.26 bits per heavy atom. The van der Waals surface area contributed by atoms with Crippen molar-refractivity contribution in [3.63, 3.8) is 0 Å². The van der Waals surface area contributed by atoms with Crippen molar-refractivity contribution in [2.45, 2.75) is 38.1 Å². The highest BCUT2D eigenvalue weighted by Crippen LogP contribution is 2.28. The van der Waals surface area contributed by atoms with Crippen molar-refractivity contribution in [3.05, 3.63) is 35.8 Å². The van der Waals surface area contributed by atoms with Gasteiger partial charge in [0.05, 0.1) is 38.9 Å². The van der Waals surface area contributed by atoms with E-state index in [9.17, 15) is 13.2 Å². The topological polar surface area (TPSA) is 115 Å². The Hall–Kier alpha value is -3.45. The predicted octanol–water partition coefficient (Wildman–Crippen LogP) is 1.55. The molecule has 6 heterocycles. The minimum Gasteiger partial charge on any atom is -0.382 e. The minimum absolute atomic E-state index is 0.0566. The van der Waals surface area contributed by atoms with Gasteiger partial charge in [-0.25, -0.2) is 28.1 Å². The number of hydrogen-bond donors (Lipinski definition) is 2. The monoisotopic (exact) mass is 488 g/mol. The van der Waals surface area contributed by atoms with Crippen LogP contribution in [0.25, 0.3) is 27.9 Å². The van der Waals surface area contributed by atoms with Gasteiger partial charge in [-0.2, -0.15) is 4.98 Å². The maximum Gasteiger partial charge on any atom is 0.256 e. The molecule has 2 atom stereocenters. The van der Waals surface area contributed by atoms with Gasteiger partial charge >= 0.3 is 0 Å². The molecule has 0 radical (unpaired) electrons. The quantitative estimate of drug-likeness (QED) is 0.441. The summed E-state index contributed by atoms with van der Waals surface area (Å²) in [7, 11) is 0. The Morgan fingerprint density at radius 3 is 2.83 bits per heavy atom. The van der Waals surface area contributed by atoms with Crippen molar-refractivity contribution < 1.29 is 19.3 Å². The molecule has 0 saturated carbocycles. The first-order valence-corrected chi connectivity index (χ1v) is 11.3. The summed E-state index contributed by atoms with van der Waals surface area (Å²) in [5.74, 6) is 0.512. The maximum absolute atomic E-state index is 14.6. The van der Waals surface area contributed by atoms with Gasteiger partial charge in [0.15, 0.2) is 11.5 Å². The average Bonchev–Trinajstić information content (AvgIpc) is 3.41. The van der Waals surface area contributed by atoms with Crippen molar-refractivity contribution in [2.24, 2.45) is 4.99 Å². The number of hydrogen-bond acceptors (Lipinski definition) is 7. The smallest absolute Gasteiger partial charge is 0.256 e. The molecule has 35 heavy (non-hydrogen) atoms. The number of nitrogen functional groups attached to an aromatic ring is 1. The molecule has 2 fully saturated rings. The second-order valence-electron chi connectivity index (χ2n) is 8.86. The molecule has 184 valence electrons. The fourth-order valence-electron chi connectivity index (χ4n) is 4.68. The summed E-state index contributed by atoms with van der Waals surface area (Å²) in [4.78, 5) is 19.7. The molecular weight excluding hydrogens is 463 g/mol. The van der Waals surface area contributed by atoms with Gasteiger partial charge < -0.3 is 15.0 Å². The Bertz CT molecular complexity index is 1530. The number of alkyl halides is 3. The molecule has 0 amide bonds. The number of nitrogens with two attached hydrogens (primary N) is 1. The van der Waals surface area contributed by atoms with Crippen LogP contribution in [0.1, 0.15) is 7.20 Å². The Kier molecular flexibility index (Phi) is 4.98. The highest BCUT2D eigenvalue weighted by molar-refractivity contribution is 5.88. The van der Waals surface area contributed by atoms with Crippen LogP contribution in [0.2, 0.25) is 0 Å². The van der Waals surface area contributed by atoms with E-state index in [0.717, 1.165) is 0 Å². The van der Waals surface area contributed by atoms with Gasteiger partial charge in [-0.1, -0.05) is 0 Å². The number of likely N-dealkylation sites (tertiary alicyclic amines) is 1. The Balaban J connectivity index is 1.39. The molecule has 3 N–H and O–H groups in total. The molecule has 0 aliphatic carbocycles. The normalized spacial score (nSPS) is 22.5. The van der Waals surface area contributed by atoms with Gasteiger partial charge in [0.25, 0.3) is 6.43 Å². The Morgan fingerprint density at radius 2 is 2.09 bits per heavy atom. The molecule has 10 nitrogen and oxygen atoms in total. The van der Waals surface area contributed by atoms with Crippen LogP contribution in [0, 0.1) is 6.92 Å². The van der Waals surface area contributed by atoms with Crippen LogP contribution in [0.4, 0.5) is 19.0 Å². The van der Waals surface area contributed by atoms with E-state index < -0.39 is 25.2 Å². The molecule has 4 aromatic heterocycles. The summed E-state index contributed by atoms with van der Waals surface area (Å²) in [6, 6.07) is 4.54. The second-order valence-corrected chi connectivity index (χ2v) is 8.86. The minimum atomic E-state index is -2.56. The van der Waals surface area contributed by atoms with E-state index in [1.54, 1.807) is 25.1 Å². The Labute approximate surface area is 198 Å². The molecule has 0 spiro atoms. The lowest BCUT2D eigenvalue weighted by molar-refractivity contribution is -0.0586. The van der Waals surface area contributed by atoms with Gasteiger partial charge in [0, 0.05) is 24.8 Å². The van der Waals surface area contributed by atoms with Crippen LogP contribution in [0.5, 0.6) is 0 Å². The van der Waals surface area contributed by atoms with E-state index in [1.807, 2.05) is 4.90 Å². The molecular formula is C22H24F3N9O. The SMILES string of the molecule is [2H]c1cc(-c2ccc3nc(C)n(CC(F)F)c3n2)c2c(N)nc(=N[C@@H]3CN(C4COC4)C[C@@H]3F)[nH]n12. The van der Waals surface area contributed by atoms with E-state index >= 15 is 0 Å². The fraction of sp³-hybridized carbons (Fsp3) is 0.455. The number of rotatable bonds is 5. The number of H-pyrrole nitrogens is 1. The number of aromatic nitrogens is 6. The van der Waals surface area contributed by atoms with Crippen LogP contribution in [0.15, 0.2) is 29.4 Å². The number of nitrogens with zero attached hydrogens (tertiary/aromatic N) is 7. The van der Waals surface area contributed by atoms with Gasteiger partial charge in [0.1, 0.15) is 23.0 Å². The number of anilines is 1. The third-order valence-electron chi connectivity index (χ3n) is 6.55. The van der Waals surface area contributed by atoms with Crippen molar-refractivity contribution in [3.8, 4) is 11.3 Å². The molecule has 4 aromatic rings. The first-order chi connectivity index (χ1) is 17.3. The zero-order chi connectivity index (χ0) is 25.1. The molecule has 0 aromatic carbocycles. The average molecular weight is 488 g/mol. The van der Waals surface area contributed by atoms with Gasteiger partial charge in [-0.15, -0.1) is 0 Å². The van der Waals surface area contributed by atoms with Gasteiger partial charge in [0.2, 0.25) is 5.62 Å². The van der Waals surface area contributed by atoms with Crippen molar-refractivity contribution in [1.29, 1.82) is 0 Å². The largest absolute Gasteiger partial charge is 0.382 e. The second kappa shape index (κ2) is 8.34. The molecule has 0 unspecified atom stereocenters. The number of aromatic amines is 1. The summed E-state index contributed by atoms with van der Waals surface area (Å²) in [6.07, 6.45) is -3.65. The molecule has 2 saturated heterocycles. The highest BCUT2D eigenvalue weighted by atomic mass is 19.3. The third kappa shape index (κ3) is 3.84. The highest BCUT2D eigenvalue weighted by Gasteiger charge is 2.38. The van der Waals surface area contributed by atoms with E-state index in [0.29, 0.717) is 53.5 Å². The summed E-state index contributed by atoms with van der Waals surface area (Å²) < 4.78 is 57.3. The number of fused-ring (bicyclic) bond motifs is 2. The molecule has 0 bridgehead atoms. The van der Waals surface area contributed by atoms with Crippen LogP contribution in [0.3, 0.4) is 0 Å².